The average Bonchev–Trinajstić information content (AvgIpc) is 2.82. The molecule has 0 radical (unpaired) electrons. The summed E-state index contributed by atoms with van der Waals surface area (Å²) in [6.45, 7) is 0. The lowest BCUT2D eigenvalue weighted by molar-refractivity contribution is 0.352. The summed E-state index contributed by atoms with van der Waals surface area (Å²) < 4.78 is 22.0. The smallest absolute Gasteiger partial charge is 0.217 e. The van der Waals surface area contributed by atoms with E-state index in [1.54, 1.807) is 34.6 Å². The summed E-state index contributed by atoms with van der Waals surface area (Å²) in [5.41, 5.74) is 4.55. The Hall–Kier alpha value is -3.25. The summed E-state index contributed by atoms with van der Waals surface area (Å²) in [4.78, 5) is 4.39. The second-order valence-corrected chi connectivity index (χ2v) is 7.14. The van der Waals surface area contributed by atoms with Crippen LogP contribution in [0.25, 0.3) is 0 Å². The summed E-state index contributed by atoms with van der Waals surface area (Å²) in [6, 6.07) is 16.3. The first-order valence-corrected chi connectivity index (χ1v) is 9.82. The maximum Gasteiger partial charge on any atom is 0.217 e. The van der Waals surface area contributed by atoms with E-state index in [0.29, 0.717) is 17.4 Å². The van der Waals surface area contributed by atoms with Gasteiger partial charge in [0.15, 0.2) is 11.5 Å². The predicted octanol–water partition coefficient (Wildman–Crippen LogP) is 4.09. The van der Waals surface area contributed by atoms with Crippen molar-refractivity contribution < 1.29 is 18.9 Å². The van der Waals surface area contributed by atoms with Crippen LogP contribution in [0.1, 0.15) is 34.3 Å². The molecule has 30 heavy (non-hydrogen) atoms. The molecular formula is C24H26N2O4. The molecule has 1 aliphatic heterocycles. The van der Waals surface area contributed by atoms with E-state index in [1.165, 1.54) is 11.1 Å². The quantitative estimate of drug-likeness (QED) is 0.665. The van der Waals surface area contributed by atoms with Crippen LogP contribution in [0.15, 0.2) is 54.7 Å². The number of hydrogen-bond acceptors (Lipinski definition) is 6. The Balaban J connectivity index is 1.81. The lowest BCUT2D eigenvalue weighted by Crippen LogP contribution is -2.34. The molecule has 1 N–H and O–H groups in total. The maximum absolute atomic E-state index is 5.54. The molecule has 0 saturated heterocycles. The molecule has 2 aromatic carbocycles. The highest BCUT2D eigenvalue weighted by molar-refractivity contribution is 5.50. The van der Waals surface area contributed by atoms with Gasteiger partial charge in [-0.05, 0) is 53.4 Å². The van der Waals surface area contributed by atoms with Crippen molar-refractivity contribution in [3.05, 3.63) is 77.0 Å². The first-order valence-electron chi connectivity index (χ1n) is 9.82. The molecular weight excluding hydrogens is 380 g/mol. The molecule has 1 aliphatic rings. The predicted molar refractivity (Wildman–Crippen MR) is 115 cm³/mol. The fraction of sp³-hybridized carbons (Fsp3) is 0.292. The number of pyridine rings is 1. The monoisotopic (exact) mass is 406 g/mol. The SMILES string of the molecule is COc1ccc2c(c1)C[C@@H](c1cccnc1OC)N[C@H]2c1ccc(OC)c(OC)c1. The largest absolute Gasteiger partial charge is 0.497 e. The van der Waals surface area contributed by atoms with Crippen molar-refractivity contribution in [2.45, 2.75) is 18.5 Å². The van der Waals surface area contributed by atoms with Crippen LogP contribution in [0.2, 0.25) is 0 Å². The van der Waals surface area contributed by atoms with Gasteiger partial charge in [0, 0.05) is 17.8 Å². The second-order valence-electron chi connectivity index (χ2n) is 7.14. The van der Waals surface area contributed by atoms with Gasteiger partial charge in [0.1, 0.15) is 5.75 Å². The van der Waals surface area contributed by atoms with E-state index >= 15 is 0 Å². The fourth-order valence-electron chi connectivity index (χ4n) is 4.08. The highest BCUT2D eigenvalue weighted by atomic mass is 16.5. The summed E-state index contributed by atoms with van der Waals surface area (Å²) in [5.74, 6) is 2.89. The Labute approximate surface area is 176 Å². The molecule has 1 aromatic heterocycles. The summed E-state index contributed by atoms with van der Waals surface area (Å²) in [7, 11) is 6.63. The Morgan fingerprint density at radius 3 is 2.40 bits per heavy atom. The molecule has 0 saturated carbocycles. The molecule has 0 aliphatic carbocycles. The van der Waals surface area contributed by atoms with Gasteiger partial charge in [-0.2, -0.15) is 0 Å². The van der Waals surface area contributed by atoms with E-state index in [2.05, 4.69) is 34.6 Å². The van der Waals surface area contributed by atoms with Crippen molar-refractivity contribution in [2.24, 2.45) is 0 Å². The highest BCUT2D eigenvalue weighted by Gasteiger charge is 2.31. The van der Waals surface area contributed by atoms with Crippen molar-refractivity contribution in [2.75, 3.05) is 28.4 Å². The zero-order valence-corrected chi connectivity index (χ0v) is 17.6. The lowest BCUT2D eigenvalue weighted by Gasteiger charge is -2.34. The maximum atomic E-state index is 5.54. The number of nitrogens with one attached hydrogen (secondary N) is 1. The molecule has 156 valence electrons. The summed E-state index contributed by atoms with van der Waals surface area (Å²) >= 11 is 0. The third-order valence-corrected chi connectivity index (χ3v) is 5.56. The molecule has 6 nitrogen and oxygen atoms in total. The van der Waals surface area contributed by atoms with Gasteiger partial charge in [0.25, 0.3) is 0 Å². The molecule has 0 amide bonds. The van der Waals surface area contributed by atoms with Crippen LogP contribution in [-0.2, 0) is 6.42 Å². The van der Waals surface area contributed by atoms with Crippen molar-refractivity contribution in [1.82, 2.24) is 10.3 Å². The lowest BCUT2D eigenvalue weighted by atomic mass is 9.84. The Morgan fingerprint density at radius 1 is 0.833 bits per heavy atom. The van der Waals surface area contributed by atoms with Crippen molar-refractivity contribution in [1.29, 1.82) is 0 Å². The van der Waals surface area contributed by atoms with E-state index in [4.69, 9.17) is 18.9 Å². The molecule has 2 atom stereocenters. The van der Waals surface area contributed by atoms with Gasteiger partial charge < -0.3 is 18.9 Å². The number of hydrogen-bond donors (Lipinski definition) is 1. The highest BCUT2D eigenvalue weighted by Crippen LogP contribution is 2.40. The number of fused-ring (bicyclic) bond motifs is 1. The third-order valence-electron chi connectivity index (χ3n) is 5.56. The standard InChI is InChI=1S/C24H26N2O4/c1-27-17-8-9-18-16(12-17)13-20(19-6-5-11-25-24(19)30-4)26-23(18)15-7-10-21(28-2)22(14-15)29-3/h5-12,14,20,23,26H,13H2,1-4H3/t20-,23-/m0/s1. The van der Waals surface area contributed by atoms with Gasteiger partial charge in [0.2, 0.25) is 5.88 Å². The van der Waals surface area contributed by atoms with E-state index in [9.17, 15) is 0 Å². The molecule has 2 heterocycles. The Morgan fingerprint density at radius 2 is 1.67 bits per heavy atom. The van der Waals surface area contributed by atoms with Gasteiger partial charge in [0.05, 0.1) is 34.5 Å². The van der Waals surface area contributed by atoms with E-state index in [0.717, 1.165) is 23.3 Å². The number of benzene rings is 2. The van der Waals surface area contributed by atoms with Crippen LogP contribution in [0.3, 0.4) is 0 Å². The number of nitrogens with zero attached hydrogens (tertiary/aromatic N) is 1. The molecule has 0 bridgehead atoms. The summed E-state index contributed by atoms with van der Waals surface area (Å²) in [6.07, 6.45) is 2.55. The number of aromatic nitrogens is 1. The van der Waals surface area contributed by atoms with E-state index in [-0.39, 0.29) is 12.1 Å². The van der Waals surface area contributed by atoms with Crippen LogP contribution >= 0.6 is 0 Å². The first-order chi connectivity index (χ1) is 14.7. The van der Waals surface area contributed by atoms with Gasteiger partial charge in [-0.1, -0.05) is 18.2 Å². The summed E-state index contributed by atoms with van der Waals surface area (Å²) in [5, 5.41) is 3.79. The topological polar surface area (TPSA) is 61.8 Å². The normalized spacial score (nSPS) is 17.7. The molecule has 4 rings (SSSR count). The zero-order chi connectivity index (χ0) is 21.1. The third kappa shape index (κ3) is 3.66. The zero-order valence-electron chi connectivity index (χ0n) is 17.6. The number of rotatable bonds is 6. The number of methoxy groups -OCH3 is 4. The van der Waals surface area contributed by atoms with Gasteiger partial charge in [-0.3, -0.25) is 5.32 Å². The molecule has 6 heteroatoms. The van der Waals surface area contributed by atoms with Gasteiger partial charge in [-0.25, -0.2) is 4.98 Å². The second kappa shape index (κ2) is 8.63. The van der Waals surface area contributed by atoms with Crippen LogP contribution in [-0.4, -0.2) is 33.4 Å². The number of ether oxygens (including phenoxy) is 4. The fourth-order valence-corrected chi connectivity index (χ4v) is 4.08. The van der Waals surface area contributed by atoms with Crippen LogP contribution in [0.5, 0.6) is 23.1 Å². The Bertz CT molecular complexity index is 1040. The van der Waals surface area contributed by atoms with Crippen LogP contribution < -0.4 is 24.3 Å². The van der Waals surface area contributed by atoms with Gasteiger partial charge >= 0.3 is 0 Å². The molecule has 0 unspecified atom stereocenters. The van der Waals surface area contributed by atoms with E-state index < -0.39 is 0 Å². The minimum Gasteiger partial charge on any atom is -0.497 e. The van der Waals surface area contributed by atoms with Crippen molar-refractivity contribution in [3.63, 3.8) is 0 Å². The Kier molecular flexibility index (Phi) is 5.77. The van der Waals surface area contributed by atoms with Crippen LogP contribution in [0.4, 0.5) is 0 Å². The van der Waals surface area contributed by atoms with Gasteiger partial charge in [-0.15, -0.1) is 0 Å². The molecule has 0 fully saturated rings. The van der Waals surface area contributed by atoms with Crippen molar-refractivity contribution >= 4 is 0 Å². The molecule has 3 aromatic rings. The first kappa shape index (κ1) is 20.0. The van der Waals surface area contributed by atoms with E-state index in [1.807, 2.05) is 24.3 Å². The van der Waals surface area contributed by atoms with Crippen LogP contribution in [0, 0.1) is 0 Å². The molecule has 0 spiro atoms. The minimum atomic E-state index is -0.0330. The average molecular weight is 406 g/mol. The minimum absolute atomic E-state index is 0.0330. The van der Waals surface area contributed by atoms with Crippen molar-refractivity contribution in [3.8, 4) is 23.1 Å².